The average Bonchev–Trinajstić information content (AvgIpc) is 3.39. The van der Waals surface area contributed by atoms with E-state index in [0.717, 1.165) is 30.2 Å². The molecule has 1 atom stereocenters. The normalized spacial score (nSPS) is 20.1. The van der Waals surface area contributed by atoms with Crippen LogP contribution in [0.2, 0.25) is 0 Å². The number of nitrogens with zero attached hydrogens (tertiary/aromatic N) is 4. The summed E-state index contributed by atoms with van der Waals surface area (Å²) in [6.45, 7) is 4.37. The van der Waals surface area contributed by atoms with Gasteiger partial charge in [-0.1, -0.05) is 18.2 Å². The van der Waals surface area contributed by atoms with E-state index in [9.17, 15) is 4.79 Å². The number of thiophene rings is 1. The van der Waals surface area contributed by atoms with Crippen LogP contribution in [0.5, 0.6) is 0 Å². The first-order valence-electron chi connectivity index (χ1n) is 9.70. The molecule has 0 aliphatic carbocycles. The number of hydrogen-bond donors (Lipinski definition) is 0. The van der Waals surface area contributed by atoms with Gasteiger partial charge in [0.05, 0.1) is 24.3 Å². The smallest absolute Gasteiger partial charge is 0.264 e. The third-order valence-corrected chi connectivity index (χ3v) is 6.77. The largest absolute Gasteiger partial charge is 0.378 e. The van der Waals surface area contributed by atoms with E-state index in [1.807, 2.05) is 17.2 Å². The lowest BCUT2D eigenvalue weighted by Gasteiger charge is -2.27. The van der Waals surface area contributed by atoms with Crippen LogP contribution in [0.25, 0.3) is 10.1 Å². The Morgan fingerprint density at radius 1 is 1.14 bits per heavy atom. The molecule has 0 radical (unpaired) electrons. The second kappa shape index (κ2) is 7.48. The van der Waals surface area contributed by atoms with Crippen molar-refractivity contribution in [3.05, 3.63) is 53.3 Å². The van der Waals surface area contributed by atoms with Crippen molar-refractivity contribution >= 4 is 33.1 Å². The Bertz CT molecular complexity index is 984. The monoisotopic (exact) mass is 394 g/mol. The molecule has 2 aliphatic heterocycles. The van der Waals surface area contributed by atoms with E-state index in [-0.39, 0.29) is 5.91 Å². The van der Waals surface area contributed by atoms with Crippen LogP contribution in [0.1, 0.15) is 27.6 Å². The minimum atomic E-state index is 0.150. The summed E-state index contributed by atoms with van der Waals surface area (Å²) < 4.78 is 6.61. The molecule has 7 heteroatoms. The van der Waals surface area contributed by atoms with Gasteiger partial charge < -0.3 is 14.5 Å². The zero-order valence-electron chi connectivity index (χ0n) is 15.6. The lowest BCUT2D eigenvalue weighted by molar-refractivity contribution is 0.0305. The summed E-state index contributed by atoms with van der Waals surface area (Å²) in [6.07, 6.45) is 6.26. The van der Waals surface area contributed by atoms with E-state index in [2.05, 4.69) is 33.1 Å². The van der Waals surface area contributed by atoms with Crippen LogP contribution >= 0.6 is 11.3 Å². The number of hydrogen-bond acceptors (Lipinski definition) is 6. The molecule has 0 bridgehead atoms. The topological polar surface area (TPSA) is 58.6 Å². The quantitative estimate of drug-likeness (QED) is 0.683. The molecular formula is C21H22N4O2S. The first-order chi connectivity index (χ1) is 13.8. The molecule has 2 aromatic heterocycles. The summed E-state index contributed by atoms with van der Waals surface area (Å²) in [5.74, 6) is 1.38. The molecule has 2 fully saturated rings. The maximum Gasteiger partial charge on any atom is 0.264 e. The summed E-state index contributed by atoms with van der Waals surface area (Å²) in [5.41, 5.74) is 1.21. The van der Waals surface area contributed by atoms with Crippen LogP contribution in [0.3, 0.4) is 0 Å². The zero-order valence-corrected chi connectivity index (χ0v) is 16.4. The SMILES string of the molecule is O=C(c1sc2ccccc2c1[C@H]1CCN(c2cnccn2)C1)N1CCOCC1. The highest BCUT2D eigenvalue weighted by Gasteiger charge is 2.32. The Balaban J connectivity index is 1.50. The van der Waals surface area contributed by atoms with Gasteiger partial charge in [0, 0.05) is 49.2 Å². The number of benzene rings is 1. The molecule has 4 heterocycles. The van der Waals surface area contributed by atoms with Crippen LogP contribution in [0.15, 0.2) is 42.9 Å². The second-order valence-electron chi connectivity index (χ2n) is 7.24. The van der Waals surface area contributed by atoms with Crippen molar-refractivity contribution in [2.75, 3.05) is 44.3 Å². The van der Waals surface area contributed by atoms with Crippen molar-refractivity contribution in [2.45, 2.75) is 12.3 Å². The van der Waals surface area contributed by atoms with Gasteiger partial charge in [0.15, 0.2) is 0 Å². The highest BCUT2D eigenvalue weighted by Crippen LogP contribution is 2.41. The fraction of sp³-hybridized carbons (Fsp3) is 0.381. The van der Waals surface area contributed by atoms with Crippen molar-refractivity contribution in [3.63, 3.8) is 0 Å². The predicted molar refractivity (Wildman–Crippen MR) is 110 cm³/mol. The first-order valence-corrected chi connectivity index (χ1v) is 10.5. The molecule has 6 nitrogen and oxygen atoms in total. The molecule has 28 heavy (non-hydrogen) atoms. The number of ether oxygens (including phenoxy) is 1. The van der Waals surface area contributed by atoms with Gasteiger partial charge in [-0.3, -0.25) is 9.78 Å². The highest BCUT2D eigenvalue weighted by molar-refractivity contribution is 7.21. The van der Waals surface area contributed by atoms with Crippen molar-refractivity contribution < 1.29 is 9.53 Å². The van der Waals surface area contributed by atoms with Gasteiger partial charge in [-0.2, -0.15) is 0 Å². The maximum atomic E-state index is 13.3. The highest BCUT2D eigenvalue weighted by atomic mass is 32.1. The number of anilines is 1. The average molecular weight is 395 g/mol. The third kappa shape index (κ3) is 3.14. The molecule has 2 saturated heterocycles. The summed E-state index contributed by atoms with van der Waals surface area (Å²) in [4.78, 5) is 27.1. The van der Waals surface area contributed by atoms with Crippen molar-refractivity contribution in [3.8, 4) is 0 Å². The van der Waals surface area contributed by atoms with Crippen LogP contribution in [0, 0.1) is 0 Å². The summed E-state index contributed by atoms with van der Waals surface area (Å²) in [5, 5.41) is 1.22. The van der Waals surface area contributed by atoms with Gasteiger partial charge in [-0.05, 0) is 23.4 Å². The van der Waals surface area contributed by atoms with Crippen molar-refractivity contribution in [2.24, 2.45) is 0 Å². The summed E-state index contributed by atoms with van der Waals surface area (Å²) in [7, 11) is 0. The third-order valence-electron chi connectivity index (χ3n) is 5.60. The predicted octanol–water partition coefficient (Wildman–Crippen LogP) is 3.16. The van der Waals surface area contributed by atoms with E-state index < -0.39 is 0 Å². The molecule has 0 N–H and O–H groups in total. The fourth-order valence-corrected chi connectivity index (χ4v) is 5.46. The Kier molecular flexibility index (Phi) is 4.70. The number of carbonyl (C=O) groups excluding carboxylic acids is 1. The molecule has 0 saturated carbocycles. The van der Waals surface area contributed by atoms with E-state index in [4.69, 9.17) is 4.74 Å². The van der Waals surface area contributed by atoms with E-state index in [1.165, 1.54) is 15.6 Å². The van der Waals surface area contributed by atoms with E-state index >= 15 is 0 Å². The van der Waals surface area contributed by atoms with Crippen molar-refractivity contribution in [1.82, 2.24) is 14.9 Å². The Morgan fingerprint density at radius 2 is 2.00 bits per heavy atom. The number of morpholine rings is 1. The number of fused-ring (bicyclic) bond motifs is 1. The lowest BCUT2D eigenvalue weighted by atomic mass is 9.94. The van der Waals surface area contributed by atoms with Crippen LogP contribution in [-0.4, -0.2) is 60.2 Å². The first kappa shape index (κ1) is 17.6. The molecule has 1 aromatic carbocycles. The molecule has 0 spiro atoms. The molecule has 2 aliphatic rings. The van der Waals surface area contributed by atoms with E-state index in [0.29, 0.717) is 32.2 Å². The molecule has 1 amide bonds. The van der Waals surface area contributed by atoms with Gasteiger partial charge in [0.25, 0.3) is 5.91 Å². The van der Waals surface area contributed by atoms with Gasteiger partial charge in [-0.15, -0.1) is 11.3 Å². The molecule has 3 aromatic rings. The fourth-order valence-electron chi connectivity index (χ4n) is 4.20. The molecule has 144 valence electrons. The maximum absolute atomic E-state index is 13.3. The van der Waals surface area contributed by atoms with Crippen LogP contribution in [-0.2, 0) is 4.74 Å². The van der Waals surface area contributed by atoms with Gasteiger partial charge >= 0.3 is 0 Å². The molecule has 5 rings (SSSR count). The molecule has 0 unspecified atom stereocenters. The Hall–Kier alpha value is -2.51. The van der Waals surface area contributed by atoms with Crippen LogP contribution < -0.4 is 4.90 Å². The number of amides is 1. The number of rotatable bonds is 3. The summed E-state index contributed by atoms with van der Waals surface area (Å²) in [6, 6.07) is 8.39. The zero-order chi connectivity index (χ0) is 18.9. The van der Waals surface area contributed by atoms with Gasteiger partial charge in [0.2, 0.25) is 0 Å². The minimum Gasteiger partial charge on any atom is -0.378 e. The van der Waals surface area contributed by atoms with Crippen LogP contribution in [0.4, 0.5) is 5.82 Å². The van der Waals surface area contributed by atoms with Gasteiger partial charge in [0.1, 0.15) is 5.82 Å². The Labute approximate surface area is 167 Å². The molecular weight excluding hydrogens is 372 g/mol. The lowest BCUT2D eigenvalue weighted by Crippen LogP contribution is -2.40. The minimum absolute atomic E-state index is 0.150. The standard InChI is InChI=1S/C21H22N4O2S/c26-21(24-9-11-27-12-10-24)20-19(16-3-1-2-4-17(16)28-20)15-5-8-25(14-15)18-13-22-6-7-23-18/h1-4,6-7,13,15H,5,8-12,14H2/t15-/m0/s1. The number of carbonyl (C=O) groups is 1. The van der Waals surface area contributed by atoms with Gasteiger partial charge in [-0.25, -0.2) is 4.98 Å². The second-order valence-corrected chi connectivity index (χ2v) is 8.29. The summed E-state index contributed by atoms with van der Waals surface area (Å²) >= 11 is 1.63. The van der Waals surface area contributed by atoms with Crippen molar-refractivity contribution in [1.29, 1.82) is 0 Å². The Morgan fingerprint density at radius 3 is 2.82 bits per heavy atom. The number of aromatic nitrogens is 2. The van der Waals surface area contributed by atoms with E-state index in [1.54, 1.807) is 23.7 Å².